The van der Waals surface area contributed by atoms with Gasteiger partial charge in [0.2, 0.25) is 15.9 Å². The van der Waals surface area contributed by atoms with Crippen LogP contribution >= 0.6 is 0 Å². The Morgan fingerprint density at radius 1 is 1.33 bits per heavy atom. The summed E-state index contributed by atoms with van der Waals surface area (Å²) in [5, 5.41) is 3.38. The summed E-state index contributed by atoms with van der Waals surface area (Å²) in [5.74, 6) is 0.688. The fourth-order valence-electron chi connectivity index (χ4n) is 1.91. The fraction of sp³-hybridized carbons (Fsp3) is 0.643. The monoisotopic (exact) mass is 313 g/mol. The lowest BCUT2D eigenvalue weighted by Crippen LogP contribution is -2.26. The third-order valence-corrected chi connectivity index (χ3v) is 4.76. The first-order valence-electron chi connectivity index (χ1n) is 7.29. The molecule has 1 fully saturated rings. The summed E-state index contributed by atoms with van der Waals surface area (Å²) >= 11 is 0. The number of sulfonamides is 1. The van der Waals surface area contributed by atoms with E-state index >= 15 is 0 Å². The first-order chi connectivity index (χ1) is 10.1. The molecule has 118 valence electrons. The van der Waals surface area contributed by atoms with Crippen LogP contribution in [0.2, 0.25) is 0 Å². The number of nitrogens with one attached hydrogen (secondary N) is 2. The number of methoxy groups -OCH3 is 1. The molecule has 0 spiro atoms. The normalized spacial score (nSPS) is 15.1. The summed E-state index contributed by atoms with van der Waals surface area (Å²) in [4.78, 5) is 4.04. The first-order valence-corrected chi connectivity index (χ1v) is 8.94. The maximum Gasteiger partial charge on any atom is 0.212 e. The van der Waals surface area contributed by atoms with Crippen molar-refractivity contribution in [1.29, 1.82) is 0 Å². The molecule has 1 aliphatic rings. The van der Waals surface area contributed by atoms with Crippen molar-refractivity contribution in [2.24, 2.45) is 0 Å². The van der Waals surface area contributed by atoms with Crippen molar-refractivity contribution in [2.75, 3.05) is 19.4 Å². The second-order valence-electron chi connectivity index (χ2n) is 5.28. The Hall–Kier alpha value is -1.18. The van der Waals surface area contributed by atoms with Crippen molar-refractivity contribution >= 4 is 10.0 Å². The highest BCUT2D eigenvalue weighted by Gasteiger charge is 2.19. The quantitative estimate of drug-likeness (QED) is 0.631. The molecule has 0 aliphatic heterocycles. The molecule has 21 heavy (non-hydrogen) atoms. The van der Waals surface area contributed by atoms with Crippen LogP contribution < -0.4 is 14.8 Å². The van der Waals surface area contributed by atoms with Crippen LogP contribution in [0.3, 0.4) is 0 Å². The van der Waals surface area contributed by atoms with Crippen LogP contribution in [0.5, 0.6) is 5.88 Å². The molecule has 0 bridgehead atoms. The molecular formula is C14H23N3O3S. The third-order valence-electron chi connectivity index (χ3n) is 3.35. The number of hydrogen-bond donors (Lipinski definition) is 2. The van der Waals surface area contributed by atoms with Crippen LogP contribution in [-0.2, 0) is 16.6 Å². The van der Waals surface area contributed by atoms with Crippen LogP contribution in [0.15, 0.2) is 18.3 Å². The van der Waals surface area contributed by atoms with E-state index in [0.29, 0.717) is 18.3 Å². The van der Waals surface area contributed by atoms with Gasteiger partial charge in [0.1, 0.15) is 0 Å². The summed E-state index contributed by atoms with van der Waals surface area (Å²) in [6.07, 6.45) is 5.70. The summed E-state index contributed by atoms with van der Waals surface area (Å²) < 4.78 is 31.3. The average Bonchev–Trinajstić information content (AvgIpc) is 3.29. The Labute approximate surface area is 126 Å². The largest absolute Gasteiger partial charge is 0.481 e. The van der Waals surface area contributed by atoms with Crippen LogP contribution in [0, 0.1) is 0 Å². The fourth-order valence-corrected chi connectivity index (χ4v) is 3.03. The van der Waals surface area contributed by atoms with Crippen molar-refractivity contribution in [2.45, 2.75) is 38.3 Å². The number of nitrogens with zero attached hydrogens (tertiary/aromatic N) is 1. The smallest absolute Gasteiger partial charge is 0.212 e. The number of rotatable bonds is 10. The van der Waals surface area contributed by atoms with Gasteiger partial charge in [0.05, 0.1) is 12.9 Å². The molecule has 0 atom stereocenters. The maximum atomic E-state index is 11.9. The van der Waals surface area contributed by atoms with E-state index in [1.165, 1.54) is 12.8 Å². The van der Waals surface area contributed by atoms with E-state index in [1.54, 1.807) is 25.4 Å². The number of hydrogen-bond acceptors (Lipinski definition) is 5. The first kappa shape index (κ1) is 16.2. The molecule has 1 aromatic rings. The number of aromatic nitrogens is 1. The van der Waals surface area contributed by atoms with E-state index in [1.807, 2.05) is 0 Å². The second-order valence-corrected chi connectivity index (χ2v) is 7.21. The van der Waals surface area contributed by atoms with Gasteiger partial charge in [0.15, 0.2) is 0 Å². The lowest BCUT2D eigenvalue weighted by molar-refractivity contribution is 0.397. The molecule has 0 amide bonds. The van der Waals surface area contributed by atoms with Gasteiger partial charge in [-0.25, -0.2) is 18.1 Å². The molecule has 1 saturated carbocycles. The van der Waals surface area contributed by atoms with E-state index in [2.05, 4.69) is 15.0 Å². The van der Waals surface area contributed by atoms with Crippen molar-refractivity contribution in [3.8, 4) is 5.88 Å². The van der Waals surface area contributed by atoms with E-state index < -0.39 is 10.0 Å². The lowest BCUT2D eigenvalue weighted by Gasteiger charge is -2.07. The molecule has 1 aromatic heterocycles. The Balaban J connectivity index is 1.64. The summed E-state index contributed by atoms with van der Waals surface area (Å²) in [6, 6.07) is 4.20. The van der Waals surface area contributed by atoms with Crippen molar-refractivity contribution in [1.82, 2.24) is 15.0 Å². The van der Waals surface area contributed by atoms with Crippen LogP contribution in [0.1, 0.15) is 31.2 Å². The Morgan fingerprint density at radius 2 is 2.14 bits per heavy atom. The average molecular weight is 313 g/mol. The van der Waals surface area contributed by atoms with Crippen molar-refractivity contribution in [3.05, 3.63) is 23.9 Å². The van der Waals surface area contributed by atoms with Gasteiger partial charge in [-0.05, 0) is 37.8 Å². The minimum Gasteiger partial charge on any atom is -0.481 e. The van der Waals surface area contributed by atoms with Gasteiger partial charge in [-0.3, -0.25) is 0 Å². The molecule has 7 heteroatoms. The highest BCUT2D eigenvalue weighted by Crippen LogP contribution is 2.18. The molecule has 0 aromatic carbocycles. The molecule has 0 saturated heterocycles. The van der Waals surface area contributed by atoms with Crippen LogP contribution in [-0.4, -0.2) is 38.9 Å². The molecule has 1 heterocycles. The zero-order valence-electron chi connectivity index (χ0n) is 12.3. The van der Waals surface area contributed by atoms with E-state index in [9.17, 15) is 8.42 Å². The van der Waals surface area contributed by atoms with Gasteiger partial charge in [0, 0.05) is 24.8 Å². The summed E-state index contributed by atoms with van der Waals surface area (Å²) in [5.41, 5.74) is 0.815. The number of unbranched alkanes of at least 4 members (excludes halogenated alkanes) is 1. The van der Waals surface area contributed by atoms with Crippen molar-refractivity contribution in [3.63, 3.8) is 0 Å². The summed E-state index contributed by atoms with van der Waals surface area (Å²) in [6.45, 7) is 1.17. The number of pyridine rings is 1. The molecule has 1 aliphatic carbocycles. The Morgan fingerprint density at radius 3 is 2.76 bits per heavy atom. The molecule has 6 nitrogen and oxygen atoms in total. The summed E-state index contributed by atoms with van der Waals surface area (Å²) in [7, 11) is -1.67. The van der Waals surface area contributed by atoms with E-state index in [-0.39, 0.29) is 12.3 Å². The van der Waals surface area contributed by atoms with Gasteiger partial charge in [0.25, 0.3) is 0 Å². The molecule has 2 N–H and O–H groups in total. The zero-order chi connectivity index (χ0) is 15.1. The second kappa shape index (κ2) is 7.72. The highest BCUT2D eigenvalue weighted by atomic mass is 32.2. The minimum absolute atomic E-state index is 0.170. The predicted octanol–water partition coefficient (Wildman–Crippen LogP) is 1.04. The topological polar surface area (TPSA) is 80.3 Å². The Bertz CT molecular complexity index is 527. The maximum absolute atomic E-state index is 11.9. The number of ether oxygens (including phenoxy) is 1. The van der Waals surface area contributed by atoms with E-state index in [4.69, 9.17) is 4.74 Å². The predicted molar refractivity (Wildman–Crippen MR) is 81.7 cm³/mol. The molecular weight excluding hydrogens is 290 g/mol. The standard InChI is InChI=1S/C14H23N3O3S/c1-20-14-7-4-12(10-16-14)11-17-21(18,19)9-3-2-8-15-13-5-6-13/h4,7,10,13,15,17H,2-3,5-6,8-9,11H2,1H3. The SMILES string of the molecule is COc1ccc(CNS(=O)(=O)CCCCNC2CC2)cn1. The minimum atomic E-state index is -3.22. The van der Waals surface area contributed by atoms with Gasteiger partial charge >= 0.3 is 0 Å². The zero-order valence-corrected chi connectivity index (χ0v) is 13.2. The van der Waals surface area contributed by atoms with Gasteiger partial charge in [-0.2, -0.15) is 0 Å². The third kappa shape index (κ3) is 6.41. The van der Waals surface area contributed by atoms with Crippen molar-refractivity contribution < 1.29 is 13.2 Å². The molecule has 0 radical (unpaired) electrons. The lowest BCUT2D eigenvalue weighted by atomic mass is 10.3. The van der Waals surface area contributed by atoms with Crippen LogP contribution in [0.4, 0.5) is 0 Å². The van der Waals surface area contributed by atoms with Gasteiger partial charge in [-0.1, -0.05) is 6.07 Å². The van der Waals surface area contributed by atoms with Gasteiger partial charge < -0.3 is 10.1 Å². The molecule has 0 unspecified atom stereocenters. The highest BCUT2D eigenvalue weighted by molar-refractivity contribution is 7.89. The molecule has 2 rings (SSSR count). The van der Waals surface area contributed by atoms with Crippen LogP contribution in [0.25, 0.3) is 0 Å². The Kier molecular flexibility index (Phi) is 5.96. The van der Waals surface area contributed by atoms with E-state index in [0.717, 1.165) is 18.5 Å². The van der Waals surface area contributed by atoms with Gasteiger partial charge in [-0.15, -0.1) is 0 Å².